The fourth-order valence-corrected chi connectivity index (χ4v) is 9.46. The molecule has 0 aromatic heterocycles. The molecular formula is C28H38FNO6. The van der Waals surface area contributed by atoms with Gasteiger partial charge >= 0.3 is 5.97 Å². The van der Waals surface area contributed by atoms with E-state index >= 15 is 4.39 Å². The minimum atomic E-state index is -1.32. The number of nitrogens with one attached hydrogen (secondary N) is 1. The SMILES string of the molecule is CCOC(=O)CC1NCC2(C(=O)CO)C1CC1C3CC(F)C4=CC(=O)C=CC4(C)C3(C)C(O)CC12C. The molecule has 198 valence electrons. The number of aliphatic hydroxyl groups is 2. The molecule has 4 aliphatic carbocycles. The van der Waals surface area contributed by atoms with Crippen LogP contribution >= 0.6 is 0 Å². The molecule has 7 nitrogen and oxygen atoms in total. The highest BCUT2D eigenvalue weighted by Crippen LogP contribution is 2.76. The first kappa shape index (κ1) is 25.7. The number of carbonyl (C=O) groups is 3. The molecule has 5 rings (SSSR count). The highest BCUT2D eigenvalue weighted by Gasteiger charge is 2.76. The highest BCUT2D eigenvalue weighted by atomic mass is 19.1. The molecule has 0 bridgehead atoms. The summed E-state index contributed by atoms with van der Waals surface area (Å²) in [6.45, 7) is 7.65. The van der Waals surface area contributed by atoms with Crippen LogP contribution in [0.2, 0.25) is 0 Å². The summed E-state index contributed by atoms with van der Waals surface area (Å²) in [5.41, 5.74) is -2.80. The maximum atomic E-state index is 15.8. The lowest BCUT2D eigenvalue weighted by molar-refractivity contribution is -0.196. The Morgan fingerprint density at radius 3 is 2.58 bits per heavy atom. The Bertz CT molecular complexity index is 1060. The molecule has 0 spiro atoms. The van der Waals surface area contributed by atoms with Crippen molar-refractivity contribution >= 4 is 17.5 Å². The molecule has 3 N–H and O–H groups in total. The quantitative estimate of drug-likeness (QED) is 0.494. The van der Waals surface area contributed by atoms with E-state index < -0.39 is 40.5 Å². The average Bonchev–Trinajstić information content (AvgIpc) is 3.31. The first-order valence-corrected chi connectivity index (χ1v) is 13.2. The van der Waals surface area contributed by atoms with Crippen molar-refractivity contribution in [1.29, 1.82) is 0 Å². The second-order valence-corrected chi connectivity index (χ2v) is 12.3. The van der Waals surface area contributed by atoms with Crippen molar-refractivity contribution in [1.82, 2.24) is 5.32 Å². The fourth-order valence-electron chi connectivity index (χ4n) is 9.46. The average molecular weight is 504 g/mol. The van der Waals surface area contributed by atoms with Gasteiger partial charge in [-0.15, -0.1) is 0 Å². The van der Waals surface area contributed by atoms with Gasteiger partial charge in [-0.25, -0.2) is 4.39 Å². The van der Waals surface area contributed by atoms with Crippen molar-refractivity contribution in [2.75, 3.05) is 19.8 Å². The van der Waals surface area contributed by atoms with Gasteiger partial charge in [0.25, 0.3) is 0 Å². The summed E-state index contributed by atoms with van der Waals surface area (Å²) in [7, 11) is 0. The van der Waals surface area contributed by atoms with Gasteiger partial charge in [0.2, 0.25) is 0 Å². The second kappa shape index (κ2) is 8.30. The Kier molecular flexibility index (Phi) is 5.93. The number of hydrogen-bond acceptors (Lipinski definition) is 7. The molecule has 0 aromatic rings. The van der Waals surface area contributed by atoms with Crippen LogP contribution in [0.15, 0.2) is 23.8 Å². The third-order valence-corrected chi connectivity index (χ3v) is 11.4. The van der Waals surface area contributed by atoms with Crippen molar-refractivity contribution in [3.8, 4) is 0 Å². The van der Waals surface area contributed by atoms with Crippen molar-refractivity contribution in [3.05, 3.63) is 23.8 Å². The van der Waals surface area contributed by atoms with Crippen molar-refractivity contribution in [2.45, 2.75) is 71.7 Å². The molecule has 0 radical (unpaired) electrons. The van der Waals surface area contributed by atoms with Crippen LogP contribution in [0.3, 0.4) is 0 Å². The van der Waals surface area contributed by atoms with Crippen molar-refractivity contribution in [2.24, 2.45) is 39.4 Å². The maximum absolute atomic E-state index is 15.8. The predicted molar refractivity (Wildman–Crippen MR) is 129 cm³/mol. The molecular weight excluding hydrogens is 465 g/mol. The zero-order chi connectivity index (χ0) is 26.3. The zero-order valence-electron chi connectivity index (χ0n) is 21.6. The van der Waals surface area contributed by atoms with E-state index in [0.29, 0.717) is 25.0 Å². The first-order chi connectivity index (χ1) is 16.9. The number of hydrogen-bond donors (Lipinski definition) is 3. The van der Waals surface area contributed by atoms with E-state index in [-0.39, 0.29) is 60.8 Å². The number of Topliss-reactive ketones (excluding diaryl/α,β-unsaturated/α-hetero) is 1. The van der Waals surface area contributed by atoms with Gasteiger partial charge in [0.1, 0.15) is 12.8 Å². The molecule has 10 atom stereocenters. The molecule has 3 saturated carbocycles. The Morgan fingerprint density at radius 2 is 1.92 bits per heavy atom. The van der Waals surface area contributed by atoms with Gasteiger partial charge in [0.15, 0.2) is 11.6 Å². The van der Waals surface area contributed by atoms with E-state index in [4.69, 9.17) is 4.74 Å². The summed E-state index contributed by atoms with van der Waals surface area (Å²) in [6.07, 6.45) is 3.67. The smallest absolute Gasteiger partial charge is 0.307 e. The Morgan fingerprint density at radius 1 is 1.19 bits per heavy atom. The Labute approximate surface area is 211 Å². The van der Waals surface area contributed by atoms with Gasteiger partial charge in [-0.1, -0.05) is 26.8 Å². The summed E-state index contributed by atoms with van der Waals surface area (Å²) in [6, 6.07) is -0.298. The molecule has 36 heavy (non-hydrogen) atoms. The van der Waals surface area contributed by atoms with Crippen LogP contribution in [0.5, 0.6) is 0 Å². The minimum Gasteiger partial charge on any atom is -0.466 e. The van der Waals surface area contributed by atoms with Crippen LogP contribution in [0.1, 0.15) is 53.4 Å². The first-order valence-electron chi connectivity index (χ1n) is 13.2. The topological polar surface area (TPSA) is 113 Å². The van der Waals surface area contributed by atoms with Crippen LogP contribution in [0, 0.1) is 39.4 Å². The number of rotatable bonds is 5. The molecule has 1 aliphatic heterocycles. The summed E-state index contributed by atoms with van der Waals surface area (Å²) in [4.78, 5) is 38.1. The molecule has 1 saturated heterocycles. The van der Waals surface area contributed by atoms with Gasteiger partial charge < -0.3 is 20.3 Å². The van der Waals surface area contributed by atoms with E-state index in [1.54, 1.807) is 13.0 Å². The van der Waals surface area contributed by atoms with Crippen LogP contribution < -0.4 is 5.32 Å². The number of ketones is 2. The Balaban J connectivity index is 1.60. The molecule has 5 aliphatic rings. The predicted octanol–water partition coefficient (Wildman–Crippen LogP) is 2.30. The highest BCUT2D eigenvalue weighted by molar-refractivity contribution is 6.01. The minimum absolute atomic E-state index is 0.0964. The monoisotopic (exact) mass is 503 g/mol. The van der Waals surface area contributed by atoms with Crippen molar-refractivity contribution in [3.63, 3.8) is 0 Å². The maximum Gasteiger partial charge on any atom is 0.307 e. The molecule has 1 heterocycles. The normalized spacial score (nSPS) is 49.0. The number of carbonyl (C=O) groups excluding carboxylic acids is 3. The lowest BCUT2D eigenvalue weighted by atomic mass is 9.38. The molecule has 4 fully saturated rings. The third-order valence-electron chi connectivity index (χ3n) is 11.4. The van der Waals surface area contributed by atoms with Crippen LogP contribution in [-0.4, -0.2) is 65.8 Å². The number of allylic oxidation sites excluding steroid dienone is 4. The van der Waals surface area contributed by atoms with Crippen LogP contribution in [0.25, 0.3) is 0 Å². The Hall–Kier alpha value is -1.90. The van der Waals surface area contributed by atoms with E-state index in [0.717, 1.165) is 0 Å². The van der Waals surface area contributed by atoms with Crippen molar-refractivity contribution < 1.29 is 33.7 Å². The number of ether oxygens (including phenoxy) is 1. The second-order valence-electron chi connectivity index (χ2n) is 12.3. The van der Waals surface area contributed by atoms with Gasteiger partial charge in [0, 0.05) is 23.4 Å². The number of fused-ring (bicyclic) bond motifs is 7. The third kappa shape index (κ3) is 2.98. The molecule has 0 amide bonds. The van der Waals surface area contributed by atoms with Gasteiger partial charge in [-0.3, -0.25) is 14.4 Å². The number of alkyl halides is 1. The van der Waals surface area contributed by atoms with Crippen LogP contribution in [-0.2, 0) is 19.1 Å². The lowest BCUT2D eigenvalue weighted by Crippen LogP contribution is -2.66. The van der Waals surface area contributed by atoms with Gasteiger partial charge in [-0.05, 0) is 67.1 Å². The summed E-state index contributed by atoms with van der Waals surface area (Å²) in [5, 5.41) is 25.3. The molecule has 0 aromatic carbocycles. The van der Waals surface area contributed by atoms with Gasteiger partial charge in [0.05, 0.1) is 24.5 Å². The summed E-state index contributed by atoms with van der Waals surface area (Å²) < 4.78 is 21.0. The lowest BCUT2D eigenvalue weighted by Gasteiger charge is -2.66. The molecule has 10 unspecified atom stereocenters. The van der Waals surface area contributed by atoms with Crippen LogP contribution in [0.4, 0.5) is 4.39 Å². The van der Waals surface area contributed by atoms with E-state index in [1.807, 2.05) is 20.8 Å². The molecule has 8 heteroatoms. The largest absolute Gasteiger partial charge is 0.466 e. The fraction of sp³-hybridized carbons (Fsp3) is 0.750. The standard InChI is InChI=1S/C28H38FNO6/c1-5-36-24(35)11-21-19-9-16-17-10-20(29)18-8-15(32)6-7-25(18,2)27(17,4)22(33)12-26(16,3)28(19,14-30-21)23(34)13-31/h6-8,16-17,19-22,30-31,33H,5,9-14H2,1-4H3. The summed E-state index contributed by atoms with van der Waals surface area (Å²) in [5.74, 6) is -1.45. The summed E-state index contributed by atoms with van der Waals surface area (Å²) >= 11 is 0. The number of aliphatic hydroxyl groups excluding tert-OH is 2. The van der Waals surface area contributed by atoms with E-state index in [2.05, 4.69) is 5.32 Å². The zero-order valence-corrected chi connectivity index (χ0v) is 21.6. The number of esters is 1. The van der Waals surface area contributed by atoms with E-state index in [9.17, 15) is 24.6 Å². The number of halogens is 1. The van der Waals surface area contributed by atoms with E-state index in [1.165, 1.54) is 12.2 Å². The van der Waals surface area contributed by atoms with Gasteiger partial charge in [-0.2, -0.15) is 0 Å².